The molecule has 1 aliphatic rings. The van der Waals surface area contributed by atoms with E-state index in [0.29, 0.717) is 12.6 Å². The highest BCUT2D eigenvalue weighted by atomic mass is 32.1. The van der Waals surface area contributed by atoms with Crippen molar-refractivity contribution in [3.05, 3.63) is 51.5 Å². The zero-order chi connectivity index (χ0) is 19.8. The molecule has 2 aromatic rings. The molecule has 152 valence electrons. The van der Waals surface area contributed by atoms with Crippen LogP contribution < -0.4 is 10.6 Å². The molecule has 2 heterocycles. The summed E-state index contributed by atoms with van der Waals surface area (Å²) < 4.78 is 5.55. The van der Waals surface area contributed by atoms with E-state index in [4.69, 9.17) is 9.73 Å². The number of benzene rings is 1. The summed E-state index contributed by atoms with van der Waals surface area (Å²) in [7, 11) is 0. The Morgan fingerprint density at radius 2 is 1.96 bits per heavy atom. The van der Waals surface area contributed by atoms with Gasteiger partial charge < -0.3 is 15.4 Å². The van der Waals surface area contributed by atoms with E-state index >= 15 is 0 Å². The number of aliphatic imine (C=N–C) groups is 1. The molecule has 1 aromatic carbocycles. The minimum absolute atomic E-state index is 0.293. The number of hydrogen-bond donors (Lipinski definition) is 2. The van der Waals surface area contributed by atoms with E-state index in [1.54, 1.807) is 11.3 Å². The van der Waals surface area contributed by atoms with Gasteiger partial charge in [-0.3, -0.25) is 4.90 Å². The molecule has 0 saturated carbocycles. The van der Waals surface area contributed by atoms with E-state index in [1.165, 1.54) is 10.4 Å². The van der Waals surface area contributed by atoms with Crippen molar-refractivity contribution in [3.8, 4) is 0 Å². The lowest BCUT2D eigenvalue weighted by molar-refractivity contribution is 0.0170. The first-order valence-electron chi connectivity index (χ1n) is 9.99. The van der Waals surface area contributed by atoms with E-state index in [9.17, 15) is 0 Å². The second-order valence-corrected chi connectivity index (χ2v) is 8.18. The second-order valence-electron chi connectivity index (χ2n) is 6.89. The van der Waals surface area contributed by atoms with Crippen LogP contribution in [-0.2, 0) is 11.3 Å². The minimum Gasteiger partial charge on any atom is -0.379 e. The van der Waals surface area contributed by atoms with Crippen LogP contribution in [0.3, 0.4) is 0 Å². The van der Waals surface area contributed by atoms with Gasteiger partial charge in [0.25, 0.3) is 0 Å². The molecule has 0 radical (unpaired) electrons. The first kappa shape index (κ1) is 20.8. The number of ether oxygens (including phenoxy) is 1. The third kappa shape index (κ3) is 5.77. The van der Waals surface area contributed by atoms with Gasteiger partial charge in [-0.05, 0) is 26.3 Å². The zero-order valence-electron chi connectivity index (χ0n) is 17.1. The van der Waals surface area contributed by atoms with Crippen LogP contribution >= 0.6 is 11.3 Å². The molecule has 2 N–H and O–H groups in total. The highest BCUT2D eigenvalue weighted by Gasteiger charge is 2.22. The fourth-order valence-electron chi connectivity index (χ4n) is 3.43. The molecule has 1 aliphatic heterocycles. The number of guanidine groups is 1. The molecule has 0 amide bonds. The maximum Gasteiger partial charge on any atom is 0.191 e. The molecule has 0 bridgehead atoms. The lowest BCUT2D eigenvalue weighted by Gasteiger charge is -2.35. The van der Waals surface area contributed by atoms with Gasteiger partial charge in [-0.2, -0.15) is 0 Å². The Labute approximate surface area is 172 Å². The fourth-order valence-corrected chi connectivity index (χ4v) is 4.29. The van der Waals surface area contributed by atoms with E-state index in [0.717, 1.165) is 56.1 Å². The molecule has 3 rings (SSSR count). The Morgan fingerprint density at radius 1 is 1.21 bits per heavy atom. The largest absolute Gasteiger partial charge is 0.379 e. The summed E-state index contributed by atoms with van der Waals surface area (Å²) in [5, 5.41) is 8.02. The first-order chi connectivity index (χ1) is 13.7. The van der Waals surface area contributed by atoms with Gasteiger partial charge >= 0.3 is 0 Å². The number of aromatic nitrogens is 1. The summed E-state index contributed by atoms with van der Waals surface area (Å²) in [6, 6.07) is 11.0. The zero-order valence-corrected chi connectivity index (χ0v) is 17.9. The van der Waals surface area contributed by atoms with Crippen molar-refractivity contribution in [2.45, 2.75) is 33.4 Å². The third-order valence-electron chi connectivity index (χ3n) is 4.86. The van der Waals surface area contributed by atoms with Gasteiger partial charge in [-0.15, -0.1) is 11.3 Å². The number of aryl methyl sites for hydroxylation is 2. The lowest BCUT2D eigenvalue weighted by atomic mass is 10.0. The summed E-state index contributed by atoms with van der Waals surface area (Å²) in [5.74, 6) is 0.849. The third-order valence-corrected chi connectivity index (χ3v) is 5.92. The topological polar surface area (TPSA) is 61.8 Å². The Morgan fingerprint density at radius 3 is 2.61 bits per heavy atom. The number of thiazole rings is 1. The smallest absolute Gasteiger partial charge is 0.191 e. The molecule has 7 heteroatoms. The van der Waals surface area contributed by atoms with Crippen molar-refractivity contribution in [3.63, 3.8) is 0 Å². The van der Waals surface area contributed by atoms with Gasteiger partial charge in [0, 0.05) is 31.1 Å². The Balaban J connectivity index is 1.69. The minimum atomic E-state index is 0.293. The van der Waals surface area contributed by atoms with Crippen LogP contribution in [0.2, 0.25) is 0 Å². The highest BCUT2D eigenvalue weighted by molar-refractivity contribution is 7.11. The van der Waals surface area contributed by atoms with Gasteiger partial charge in [0.1, 0.15) is 0 Å². The van der Waals surface area contributed by atoms with Crippen molar-refractivity contribution in [2.75, 3.05) is 39.4 Å². The quantitative estimate of drug-likeness (QED) is 0.552. The van der Waals surface area contributed by atoms with Crippen molar-refractivity contribution < 1.29 is 4.74 Å². The molecule has 1 saturated heterocycles. The SMILES string of the molecule is CCNC(=NCc1sc(C)nc1C)NCC(c1ccccc1)N1CCOCC1. The van der Waals surface area contributed by atoms with Crippen LogP contribution in [0.25, 0.3) is 0 Å². The number of morpholine rings is 1. The maximum atomic E-state index is 5.55. The standard InChI is InChI=1S/C21H31N5OS/c1-4-22-21(24-15-20-16(2)25-17(3)28-20)23-14-19(18-8-6-5-7-9-18)26-10-12-27-13-11-26/h5-9,19H,4,10-15H2,1-3H3,(H2,22,23,24). The molecule has 1 fully saturated rings. The maximum absolute atomic E-state index is 5.55. The number of hydrogen-bond acceptors (Lipinski definition) is 5. The number of rotatable bonds is 7. The molecular formula is C21H31N5OS. The average Bonchev–Trinajstić information content (AvgIpc) is 3.05. The molecule has 1 atom stereocenters. The first-order valence-corrected chi connectivity index (χ1v) is 10.8. The Bertz CT molecular complexity index is 755. The lowest BCUT2D eigenvalue weighted by Crippen LogP contribution is -2.46. The molecule has 28 heavy (non-hydrogen) atoms. The molecule has 0 spiro atoms. The van der Waals surface area contributed by atoms with Gasteiger partial charge in [0.05, 0.1) is 36.5 Å². The summed E-state index contributed by atoms with van der Waals surface area (Å²) in [5.41, 5.74) is 2.40. The fraction of sp³-hybridized carbons (Fsp3) is 0.524. The number of nitrogens with one attached hydrogen (secondary N) is 2. The van der Waals surface area contributed by atoms with Gasteiger partial charge in [0.2, 0.25) is 0 Å². The summed E-state index contributed by atoms with van der Waals surface area (Å²) >= 11 is 1.72. The molecular weight excluding hydrogens is 370 g/mol. The number of nitrogens with zero attached hydrogens (tertiary/aromatic N) is 3. The van der Waals surface area contributed by atoms with Crippen LogP contribution in [0.1, 0.15) is 34.1 Å². The van der Waals surface area contributed by atoms with Crippen LogP contribution in [-0.4, -0.2) is 55.2 Å². The van der Waals surface area contributed by atoms with Crippen molar-refractivity contribution in [1.82, 2.24) is 20.5 Å². The highest BCUT2D eigenvalue weighted by Crippen LogP contribution is 2.21. The second kappa shape index (κ2) is 10.5. The summed E-state index contributed by atoms with van der Waals surface area (Å²) in [4.78, 5) is 13.0. The Hall–Kier alpha value is -1.96. The van der Waals surface area contributed by atoms with Crippen LogP contribution in [0.4, 0.5) is 0 Å². The van der Waals surface area contributed by atoms with Gasteiger partial charge in [-0.25, -0.2) is 9.98 Å². The monoisotopic (exact) mass is 401 g/mol. The predicted octanol–water partition coefficient (Wildman–Crippen LogP) is 2.89. The van der Waals surface area contributed by atoms with E-state index in [-0.39, 0.29) is 0 Å². The van der Waals surface area contributed by atoms with E-state index in [2.05, 4.69) is 64.7 Å². The van der Waals surface area contributed by atoms with Crippen LogP contribution in [0.5, 0.6) is 0 Å². The van der Waals surface area contributed by atoms with Gasteiger partial charge in [0.15, 0.2) is 5.96 Å². The van der Waals surface area contributed by atoms with E-state index < -0.39 is 0 Å². The normalized spacial score (nSPS) is 16.8. The Kier molecular flexibility index (Phi) is 7.82. The van der Waals surface area contributed by atoms with Crippen LogP contribution in [0.15, 0.2) is 35.3 Å². The van der Waals surface area contributed by atoms with E-state index in [1.807, 2.05) is 6.92 Å². The predicted molar refractivity (Wildman–Crippen MR) is 116 cm³/mol. The van der Waals surface area contributed by atoms with Crippen LogP contribution in [0, 0.1) is 13.8 Å². The summed E-state index contributed by atoms with van der Waals surface area (Å²) in [6.45, 7) is 12.0. The van der Waals surface area contributed by atoms with Crippen molar-refractivity contribution in [1.29, 1.82) is 0 Å². The molecule has 0 aliphatic carbocycles. The van der Waals surface area contributed by atoms with Crippen molar-refractivity contribution >= 4 is 17.3 Å². The van der Waals surface area contributed by atoms with Crippen molar-refractivity contribution in [2.24, 2.45) is 4.99 Å². The molecule has 1 aromatic heterocycles. The van der Waals surface area contributed by atoms with Gasteiger partial charge in [-0.1, -0.05) is 30.3 Å². The average molecular weight is 402 g/mol. The summed E-state index contributed by atoms with van der Waals surface area (Å²) in [6.07, 6.45) is 0. The molecule has 6 nitrogen and oxygen atoms in total. The molecule has 1 unspecified atom stereocenters.